The lowest BCUT2D eigenvalue weighted by molar-refractivity contribution is 0.0806. The number of nitrogens with zero attached hydrogens (tertiary/aromatic N) is 1. The van der Waals surface area contributed by atoms with Crippen LogP contribution in [-0.4, -0.2) is 41.9 Å². The topological polar surface area (TPSA) is 71.5 Å². The summed E-state index contributed by atoms with van der Waals surface area (Å²) in [6.45, 7) is 6.87. The van der Waals surface area contributed by atoms with E-state index >= 15 is 0 Å². The van der Waals surface area contributed by atoms with Gasteiger partial charge in [-0.2, -0.15) is 0 Å². The largest absolute Gasteiger partial charge is 0.384 e. The van der Waals surface area contributed by atoms with Crippen molar-refractivity contribution in [2.24, 2.45) is 5.92 Å². The summed E-state index contributed by atoms with van der Waals surface area (Å²) in [4.78, 5) is 16.2. The highest BCUT2D eigenvalue weighted by Gasteiger charge is 2.17. The highest BCUT2D eigenvalue weighted by Crippen LogP contribution is 2.06. The van der Waals surface area contributed by atoms with Gasteiger partial charge in [0.05, 0.1) is 18.2 Å². The SMILES string of the molecule is CCOCC(NC(=O)c1cncc(C#CCO)c1)C(C)C. The molecule has 1 aromatic rings. The highest BCUT2D eigenvalue weighted by molar-refractivity contribution is 5.94. The van der Waals surface area contributed by atoms with Crippen molar-refractivity contribution in [3.05, 3.63) is 29.6 Å². The van der Waals surface area contributed by atoms with Crippen molar-refractivity contribution in [3.63, 3.8) is 0 Å². The number of rotatable bonds is 6. The average molecular weight is 290 g/mol. The molecular formula is C16H22N2O3. The molecule has 0 fully saturated rings. The molecule has 1 unspecified atom stereocenters. The fraction of sp³-hybridized carbons (Fsp3) is 0.500. The Morgan fingerprint density at radius 2 is 2.24 bits per heavy atom. The van der Waals surface area contributed by atoms with Crippen molar-refractivity contribution in [2.45, 2.75) is 26.8 Å². The van der Waals surface area contributed by atoms with Gasteiger partial charge in [0.15, 0.2) is 0 Å². The number of ether oxygens (including phenoxy) is 1. The Balaban J connectivity index is 2.77. The highest BCUT2D eigenvalue weighted by atomic mass is 16.5. The number of aliphatic hydroxyl groups excluding tert-OH is 1. The van der Waals surface area contributed by atoms with Crippen LogP contribution in [0.15, 0.2) is 18.5 Å². The molecule has 0 spiro atoms. The molecule has 1 atom stereocenters. The maximum absolute atomic E-state index is 12.2. The third kappa shape index (κ3) is 5.94. The van der Waals surface area contributed by atoms with E-state index in [1.54, 1.807) is 12.3 Å². The van der Waals surface area contributed by atoms with E-state index in [9.17, 15) is 4.79 Å². The summed E-state index contributed by atoms with van der Waals surface area (Å²) in [7, 11) is 0. The van der Waals surface area contributed by atoms with Crippen molar-refractivity contribution in [2.75, 3.05) is 19.8 Å². The second-order valence-corrected chi connectivity index (χ2v) is 4.91. The van der Waals surface area contributed by atoms with Crippen molar-refractivity contribution in [1.29, 1.82) is 0 Å². The first-order valence-corrected chi connectivity index (χ1v) is 7.01. The number of carbonyl (C=O) groups is 1. The molecule has 21 heavy (non-hydrogen) atoms. The van der Waals surface area contributed by atoms with Crippen LogP contribution < -0.4 is 5.32 Å². The van der Waals surface area contributed by atoms with Gasteiger partial charge in [-0.25, -0.2) is 0 Å². The number of aromatic nitrogens is 1. The van der Waals surface area contributed by atoms with Crippen molar-refractivity contribution in [3.8, 4) is 11.8 Å². The predicted molar refractivity (Wildman–Crippen MR) is 80.8 cm³/mol. The van der Waals surface area contributed by atoms with Crippen LogP contribution in [0.2, 0.25) is 0 Å². The maximum atomic E-state index is 12.2. The summed E-state index contributed by atoms with van der Waals surface area (Å²) >= 11 is 0. The van der Waals surface area contributed by atoms with E-state index in [0.29, 0.717) is 24.3 Å². The van der Waals surface area contributed by atoms with Crippen molar-refractivity contribution < 1.29 is 14.6 Å². The van der Waals surface area contributed by atoms with E-state index in [4.69, 9.17) is 9.84 Å². The van der Waals surface area contributed by atoms with Crippen LogP contribution in [0.1, 0.15) is 36.7 Å². The Kier molecular flexibility index (Phi) is 7.44. The van der Waals surface area contributed by atoms with Gasteiger partial charge in [0.25, 0.3) is 5.91 Å². The molecule has 114 valence electrons. The zero-order valence-corrected chi connectivity index (χ0v) is 12.7. The first-order valence-electron chi connectivity index (χ1n) is 7.01. The standard InChI is InChI=1S/C16H22N2O3/c1-4-21-11-15(12(2)3)18-16(20)14-8-13(6-5-7-19)9-17-10-14/h8-10,12,15,19H,4,7,11H2,1-3H3,(H,18,20). The Bertz CT molecular complexity index is 518. The summed E-state index contributed by atoms with van der Waals surface area (Å²) in [5, 5.41) is 11.6. The molecule has 1 rings (SSSR count). The minimum Gasteiger partial charge on any atom is -0.384 e. The van der Waals surface area contributed by atoms with E-state index in [1.807, 2.05) is 20.8 Å². The van der Waals surface area contributed by atoms with Crippen LogP contribution in [0.4, 0.5) is 0 Å². The molecule has 5 nitrogen and oxygen atoms in total. The van der Waals surface area contributed by atoms with E-state index in [2.05, 4.69) is 22.1 Å². The lowest BCUT2D eigenvalue weighted by Crippen LogP contribution is -2.42. The van der Waals surface area contributed by atoms with Gasteiger partial charge in [-0.3, -0.25) is 9.78 Å². The fourth-order valence-electron chi connectivity index (χ4n) is 1.67. The lowest BCUT2D eigenvalue weighted by atomic mass is 10.0. The van der Waals surface area contributed by atoms with Crippen molar-refractivity contribution >= 4 is 5.91 Å². The van der Waals surface area contributed by atoms with Crippen LogP contribution in [0, 0.1) is 17.8 Å². The number of aliphatic hydroxyl groups is 1. The smallest absolute Gasteiger partial charge is 0.253 e. The minimum atomic E-state index is -0.222. The molecule has 0 aliphatic rings. The lowest BCUT2D eigenvalue weighted by Gasteiger charge is -2.22. The number of hydrogen-bond acceptors (Lipinski definition) is 4. The monoisotopic (exact) mass is 290 g/mol. The molecular weight excluding hydrogens is 268 g/mol. The number of hydrogen-bond donors (Lipinski definition) is 2. The van der Waals surface area contributed by atoms with Gasteiger partial charge in [0, 0.05) is 24.6 Å². The van der Waals surface area contributed by atoms with Crippen LogP contribution >= 0.6 is 0 Å². The summed E-state index contributed by atoms with van der Waals surface area (Å²) in [6, 6.07) is 1.60. The first-order chi connectivity index (χ1) is 10.1. The van der Waals surface area contributed by atoms with Crippen LogP contribution in [0.3, 0.4) is 0 Å². The molecule has 0 saturated heterocycles. The van der Waals surface area contributed by atoms with Gasteiger partial charge in [-0.1, -0.05) is 25.7 Å². The summed E-state index contributed by atoms with van der Waals surface area (Å²) in [6.07, 6.45) is 3.05. The molecule has 0 aromatic carbocycles. The number of carbonyl (C=O) groups excluding carboxylic acids is 1. The Morgan fingerprint density at radius 3 is 2.86 bits per heavy atom. The van der Waals surface area contributed by atoms with E-state index in [-0.39, 0.29) is 24.5 Å². The molecule has 2 N–H and O–H groups in total. The molecule has 0 radical (unpaired) electrons. The zero-order chi connectivity index (χ0) is 15.7. The number of nitrogens with one attached hydrogen (secondary N) is 1. The van der Waals surface area contributed by atoms with Crippen molar-refractivity contribution in [1.82, 2.24) is 10.3 Å². The molecule has 1 heterocycles. The third-order valence-corrected chi connectivity index (χ3v) is 2.93. The molecule has 0 saturated carbocycles. The van der Waals surface area contributed by atoms with Gasteiger partial charge in [-0.05, 0) is 18.9 Å². The molecule has 0 bridgehead atoms. The summed E-state index contributed by atoms with van der Waals surface area (Å²) in [5.41, 5.74) is 1.05. The summed E-state index contributed by atoms with van der Waals surface area (Å²) < 4.78 is 5.39. The third-order valence-electron chi connectivity index (χ3n) is 2.93. The second kappa shape index (κ2) is 9.11. The van der Waals surface area contributed by atoms with E-state index in [0.717, 1.165) is 0 Å². The Hall–Kier alpha value is -1.90. The molecule has 1 aromatic heterocycles. The maximum Gasteiger partial charge on any atom is 0.253 e. The number of amides is 1. The van der Waals surface area contributed by atoms with Crippen LogP contribution in [0.5, 0.6) is 0 Å². The van der Waals surface area contributed by atoms with Crippen LogP contribution in [0.25, 0.3) is 0 Å². The average Bonchev–Trinajstić information content (AvgIpc) is 2.49. The normalized spacial score (nSPS) is 11.7. The number of pyridine rings is 1. The van der Waals surface area contributed by atoms with Gasteiger partial charge >= 0.3 is 0 Å². The van der Waals surface area contributed by atoms with Gasteiger partial charge in [0.2, 0.25) is 0 Å². The van der Waals surface area contributed by atoms with Crippen LogP contribution in [-0.2, 0) is 4.74 Å². The Labute approximate surface area is 125 Å². The van der Waals surface area contributed by atoms with Gasteiger partial charge in [0.1, 0.15) is 6.61 Å². The molecule has 0 aliphatic heterocycles. The summed E-state index contributed by atoms with van der Waals surface area (Å²) in [5.74, 6) is 5.33. The second-order valence-electron chi connectivity index (χ2n) is 4.91. The van der Waals surface area contributed by atoms with E-state index < -0.39 is 0 Å². The predicted octanol–water partition coefficient (Wildman–Crippen LogP) is 1.22. The fourth-order valence-corrected chi connectivity index (χ4v) is 1.67. The van der Waals surface area contributed by atoms with Gasteiger partial charge < -0.3 is 15.2 Å². The Morgan fingerprint density at radius 1 is 1.48 bits per heavy atom. The molecule has 1 amide bonds. The zero-order valence-electron chi connectivity index (χ0n) is 12.7. The van der Waals surface area contributed by atoms with Gasteiger partial charge in [-0.15, -0.1) is 0 Å². The minimum absolute atomic E-state index is 0.0513. The quantitative estimate of drug-likeness (QED) is 0.773. The molecule has 0 aliphatic carbocycles. The molecule has 5 heteroatoms. The first kappa shape index (κ1) is 17.2. The van der Waals surface area contributed by atoms with E-state index in [1.165, 1.54) is 6.20 Å².